The van der Waals surface area contributed by atoms with Crippen molar-refractivity contribution in [3.8, 4) is 0 Å². The lowest BCUT2D eigenvalue weighted by Gasteiger charge is -2.31. The largest absolute Gasteiger partial charge is 0.377 e. The fourth-order valence-electron chi connectivity index (χ4n) is 4.05. The molecule has 1 N–H and O–H groups in total. The van der Waals surface area contributed by atoms with E-state index in [1.54, 1.807) is 7.11 Å². The van der Waals surface area contributed by atoms with E-state index in [-0.39, 0.29) is 22.4 Å². The van der Waals surface area contributed by atoms with E-state index in [2.05, 4.69) is 9.71 Å². The van der Waals surface area contributed by atoms with E-state index in [1.807, 2.05) is 19.0 Å². The highest BCUT2D eigenvalue weighted by Gasteiger charge is 2.41. The smallest absolute Gasteiger partial charge is 0.266 e. The highest BCUT2D eigenvalue weighted by atomic mass is 35.5. The Balaban J connectivity index is 1.87. The Morgan fingerprint density at radius 3 is 2.70 bits per heavy atom. The van der Waals surface area contributed by atoms with Gasteiger partial charge in [0.05, 0.1) is 5.60 Å². The van der Waals surface area contributed by atoms with E-state index in [4.69, 9.17) is 16.3 Å². The molecule has 1 aliphatic carbocycles. The molecule has 164 valence electrons. The van der Waals surface area contributed by atoms with Crippen LogP contribution in [0.15, 0.2) is 35.2 Å². The molecule has 0 aliphatic heterocycles. The monoisotopic (exact) mass is 459 g/mol. The summed E-state index contributed by atoms with van der Waals surface area (Å²) in [6, 6.07) is 5.89. The van der Waals surface area contributed by atoms with Crippen molar-refractivity contribution in [2.45, 2.75) is 35.7 Å². The maximum atomic E-state index is 14.8. The Hall–Kier alpha value is -1.81. The predicted octanol–water partition coefficient (Wildman–Crippen LogP) is 4.03. The summed E-state index contributed by atoms with van der Waals surface area (Å²) < 4.78 is 61.1. The van der Waals surface area contributed by atoms with E-state index >= 15 is 0 Å². The zero-order chi connectivity index (χ0) is 22.1. The third kappa shape index (κ3) is 4.91. The molecular formula is C20H24ClF2N3O3S. The van der Waals surface area contributed by atoms with Crippen LogP contribution >= 0.6 is 11.6 Å². The van der Waals surface area contributed by atoms with Crippen LogP contribution in [0.5, 0.6) is 0 Å². The van der Waals surface area contributed by atoms with Gasteiger partial charge in [-0.1, -0.05) is 17.7 Å². The SMILES string of the molecule is COC1(CN(C)C)CCC(c2cc(F)c(S(=O)(=O)Nc3cccc(F)n3)cc2Cl)C1. The lowest BCUT2D eigenvalue weighted by molar-refractivity contribution is -0.0234. The number of sulfonamides is 1. The lowest BCUT2D eigenvalue weighted by atomic mass is 9.94. The van der Waals surface area contributed by atoms with Crippen molar-refractivity contribution in [2.75, 3.05) is 32.5 Å². The Morgan fingerprint density at radius 1 is 1.33 bits per heavy atom. The summed E-state index contributed by atoms with van der Waals surface area (Å²) in [5, 5.41) is 0.158. The van der Waals surface area contributed by atoms with Gasteiger partial charge in [-0.2, -0.15) is 4.39 Å². The first-order valence-corrected chi connectivity index (χ1v) is 11.3. The lowest BCUT2D eigenvalue weighted by Crippen LogP contribution is -2.39. The number of anilines is 1. The van der Waals surface area contributed by atoms with Gasteiger partial charge in [0.2, 0.25) is 5.95 Å². The van der Waals surface area contributed by atoms with E-state index in [9.17, 15) is 17.2 Å². The minimum atomic E-state index is -4.34. The molecule has 0 amide bonds. The molecule has 0 spiro atoms. The first-order chi connectivity index (χ1) is 14.0. The number of methoxy groups -OCH3 is 1. The zero-order valence-electron chi connectivity index (χ0n) is 17.0. The molecule has 0 radical (unpaired) electrons. The van der Waals surface area contributed by atoms with Crippen molar-refractivity contribution in [3.05, 3.63) is 52.7 Å². The molecule has 2 atom stereocenters. The molecule has 1 aromatic carbocycles. The first kappa shape index (κ1) is 22.9. The van der Waals surface area contributed by atoms with Crippen LogP contribution in [-0.4, -0.2) is 51.7 Å². The van der Waals surface area contributed by atoms with E-state index in [1.165, 1.54) is 18.2 Å². The number of likely N-dealkylation sites (N-methyl/N-ethyl adjacent to an activating group) is 1. The van der Waals surface area contributed by atoms with Crippen molar-refractivity contribution in [1.82, 2.24) is 9.88 Å². The fourth-order valence-corrected chi connectivity index (χ4v) is 5.52. The normalized spacial score (nSPS) is 21.9. The Bertz CT molecular complexity index is 1040. The summed E-state index contributed by atoms with van der Waals surface area (Å²) in [5.74, 6) is -2.09. The van der Waals surface area contributed by atoms with Crippen molar-refractivity contribution < 1.29 is 21.9 Å². The Morgan fingerprint density at radius 2 is 2.07 bits per heavy atom. The number of nitrogens with one attached hydrogen (secondary N) is 1. The minimum Gasteiger partial charge on any atom is -0.377 e. The molecule has 6 nitrogen and oxygen atoms in total. The average Bonchev–Trinajstić information content (AvgIpc) is 3.06. The molecule has 2 aromatic rings. The van der Waals surface area contributed by atoms with Crippen molar-refractivity contribution in [1.29, 1.82) is 0 Å². The fraction of sp³-hybridized carbons (Fsp3) is 0.450. The van der Waals surface area contributed by atoms with Gasteiger partial charge in [0.25, 0.3) is 10.0 Å². The molecule has 10 heteroatoms. The zero-order valence-corrected chi connectivity index (χ0v) is 18.5. The highest BCUT2D eigenvalue weighted by Crippen LogP contribution is 2.45. The summed E-state index contributed by atoms with van der Waals surface area (Å²) in [7, 11) is 1.24. The minimum absolute atomic E-state index is 0.0542. The van der Waals surface area contributed by atoms with Crippen LogP contribution in [0, 0.1) is 11.8 Å². The molecule has 1 saturated carbocycles. The van der Waals surface area contributed by atoms with Gasteiger partial charge in [-0.25, -0.2) is 17.8 Å². The molecule has 30 heavy (non-hydrogen) atoms. The van der Waals surface area contributed by atoms with Crippen LogP contribution in [-0.2, 0) is 14.8 Å². The van der Waals surface area contributed by atoms with Crippen LogP contribution in [0.1, 0.15) is 30.7 Å². The highest BCUT2D eigenvalue weighted by molar-refractivity contribution is 7.92. The van der Waals surface area contributed by atoms with Crippen LogP contribution in [0.2, 0.25) is 5.02 Å². The van der Waals surface area contributed by atoms with Gasteiger partial charge in [-0.05, 0) is 69.1 Å². The van der Waals surface area contributed by atoms with Crippen LogP contribution in [0.25, 0.3) is 0 Å². The average molecular weight is 460 g/mol. The third-order valence-corrected chi connectivity index (χ3v) is 7.04. The van der Waals surface area contributed by atoms with E-state index in [0.29, 0.717) is 12.0 Å². The van der Waals surface area contributed by atoms with E-state index < -0.39 is 26.7 Å². The number of rotatable bonds is 7. The van der Waals surface area contributed by atoms with Gasteiger partial charge in [0.15, 0.2) is 0 Å². The van der Waals surface area contributed by atoms with E-state index in [0.717, 1.165) is 31.5 Å². The Kier molecular flexibility index (Phi) is 6.66. The first-order valence-electron chi connectivity index (χ1n) is 9.39. The second-order valence-electron chi connectivity index (χ2n) is 7.82. The summed E-state index contributed by atoms with van der Waals surface area (Å²) in [4.78, 5) is 4.85. The maximum Gasteiger partial charge on any atom is 0.266 e. The third-order valence-electron chi connectivity index (χ3n) is 5.34. The van der Waals surface area contributed by atoms with Crippen LogP contribution < -0.4 is 4.72 Å². The van der Waals surface area contributed by atoms with Gasteiger partial charge in [-0.15, -0.1) is 0 Å². The molecule has 0 bridgehead atoms. The van der Waals surface area contributed by atoms with Crippen LogP contribution in [0.4, 0.5) is 14.6 Å². The summed E-state index contributed by atoms with van der Waals surface area (Å²) >= 11 is 6.37. The van der Waals surface area contributed by atoms with Gasteiger partial charge in [0, 0.05) is 18.7 Å². The molecule has 3 rings (SSSR count). The molecular weight excluding hydrogens is 436 g/mol. The quantitative estimate of drug-likeness (QED) is 0.633. The molecule has 1 aliphatic rings. The number of pyridine rings is 1. The molecule has 1 heterocycles. The number of halogens is 3. The topological polar surface area (TPSA) is 71.5 Å². The number of hydrogen-bond donors (Lipinski definition) is 1. The molecule has 0 saturated heterocycles. The number of benzene rings is 1. The van der Waals surface area contributed by atoms with Crippen LogP contribution in [0.3, 0.4) is 0 Å². The van der Waals surface area contributed by atoms with Crippen molar-refractivity contribution >= 4 is 27.4 Å². The summed E-state index contributed by atoms with van der Waals surface area (Å²) in [6.07, 6.45) is 2.19. The van der Waals surface area contributed by atoms with Gasteiger partial charge in [0.1, 0.15) is 16.5 Å². The maximum absolute atomic E-state index is 14.8. The summed E-state index contributed by atoms with van der Waals surface area (Å²) in [6.45, 7) is 0.719. The molecule has 2 unspecified atom stereocenters. The number of aromatic nitrogens is 1. The second-order valence-corrected chi connectivity index (χ2v) is 9.88. The number of ether oxygens (including phenoxy) is 1. The summed E-state index contributed by atoms with van der Waals surface area (Å²) in [5.41, 5.74) is 0.193. The van der Waals surface area contributed by atoms with Gasteiger partial charge in [-0.3, -0.25) is 4.72 Å². The van der Waals surface area contributed by atoms with Crippen molar-refractivity contribution in [2.24, 2.45) is 0 Å². The number of hydrogen-bond acceptors (Lipinski definition) is 5. The molecule has 1 fully saturated rings. The number of nitrogens with zero attached hydrogens (tertiary/aromatic N) is 2. The molecule has 1 aromatic heterocycles. The van der Waals surface area contributed by atoms with Gasteiger partial charge < -0.3 is 9.64 Å². The second kappa shape index (κ2) is 8.74. The standard InChI is InChI=1S/C20H24ClF2N3O3S/c1-26(2)12-20(29-3)8-7-13(11-20)14-9-16(22)17(10-15(14)21)30(27,28)25-19-6-4-5-18(23)24-19/h4-6,9-10,13H,7-8,11-12H2,1-3H3,(H,24,25). The van der Waals surface area contributed by atoms with Gasteiger partial charge >= 0.3 is 0 Å². The predicted molar refractivity (Wildman–Crippen MR) is 111 cm³/mol. The van der Waals surface area contributed by atoms with Crippen molar-refractivity contribution in [3.63, 3.8) is 0 Å². The Labute approximate surface area is 180 Å².